The van der Waals surface area contributed by atoms with E-state index >= 15 is 0 Å². The number of aryl methyl sites for hydroxylation is 1. The average Bonchev–Trinajstić information content (AvgIpc) is 2.59. The molecule has 24 heavy (non-hydrogen) atoms. The van der Waals surface area contributed by atoms with Gasteiger partial charge in [0.25, 0.3) is 0 Å². The highest BCUT2D eigenvalue weighted by atomic mass is 32.2. The third-order valence-corrected chi connectivity index (χ3v) is 4.97. The molecule has 1 aromatic heterocycles. The van der Waals surface area contributed by atoms with E-state index in [0.29, 0.717) is 17.1 Å². The Balaban J connectivity index is 1.89. The van der Waals surface area contributed by atoms with Gasteiger partial charge in [0.15, 0.2) is 0 Å². The van der Waals surface area contributed by atoms with Crippen molar-refractivity contribution in [3.05, 3.63) is 58.3 Å². The molecule has 2 aromatic rings. The van der Waals surface area contributed by atoms with Crippen molar-refractivity contribution in [1.82, 2.24) is 10.3 Å². The Kier molecular flexibility index (Phi) is 6.39. The van der Waals surface area contributed by atoms with E-state index < -0.39 is 0 Å². The number of nitrogens with zero attached hydrogens (tertiary/aromatic N) is 2. The number of pyridine rings is 1. The maximum absolute atomic E-state index is 12.0. The molecule has 124 valence electrons. The van der Waals surface area contributed by atoms with Crippen LogP contribution in [0.5, 0.6) is 0 Å². The minimum atomic E-state index is -0.0440. The molecule has 1 N–H and O–H groups in total. The van der Waals surface area contributed by atoms with Gasteiger partial charge in [0.1, 0.15) is 11.1 Å². The Morgan fingerprint density at radius 2 is 1.92 bits per heavy atom. The van der Waals surface area contributed by atoms with Gasteiger partial charge in [-0.3, -0.25) is 4.79 Å². The quantitative estimate of drug-likeness (QED) is 0.820. The van der Waals surface area contributed by atoms with Crippen LogP contribution in [0.3, 0.4) is 0 Å². The first-order chi connectivity index (χ1) is 11.5. The number of hydrogen-bond acceptors (Lipinski definition) is 4. The molecular weight excluding hydrogens is 318 g/mol. The molecule has 0 bridgehead atoms. The number of rotatable bonds is 6. The second-order valence-electron chi connectivity index (χ2n) is 5.61. The van der Waals surface area contributed by atoms with Gasteiger partial charge < -0.3 is 5.32 Å². The van der Waals surface area contributed by atoms with Crippen LogP contribution in [0, 0.1) is 32.1 Å². The summed E-state index contributed by atoms with van der Waals surface area (Å²) in [4.78, 5) is 16.5. The van der Waals surface area contributed by atoms with E-state index in [1.54, 1.807) is 0 Å². The Hall–Kier alpha value is -2.32. The Bertz CT molecular complexity index is 766. The van der Waals surface area contributed by atoms with Crippen LogP contribution in [0.25, 0.3) is 0 Å². The molecule has 5 heteroatoms. The van der Waals surface area contributed by atoms with E-state index in [2.05, 4.69) is 16.4 Å². The monoisotopic (exact) mass is 339 g/mol. The van der Waals surface area contributed by atoms with Gasteiger partial charge in [0.2, 0.25) is 5.91 Å². The van der Waals surface area contributed by atoms with Gasteiger partial charge in [-0.05, 0) is 43.9 Å². The molecular formula is C19H21N3OS. The normalized spacial score (nSPS) is 10.2. The van der Waals surface area contributed by atoms with Crippen LogP contribution in [-0.2, 0) is 11.2 Å². The minimum absolute atomic E-state index is 0.0440. The van der Waals surface area contributed by atoms with Gasteiger partial charge in [0.05, 0.1) is 11.3 Å². The molecule has 4 nitrogen and oxygen atoms in total. The number of hydrogen-bond donors (Lipinski definition) is 1. The summed E-state index contributed by atoms with van der Waals surface area (Å²) in [6, 6.07) is 12.2. The van der Waals surface area contributed by atoms with E-state index in [0.717, 1.165) is 23.2 Å². The summed E-state index contributed by atoms with van der Waals surface area (Å²) in [6.07, 6.45) is 0.807. The number of benzene rings is 1. The van der Waals surface area contributed by atoms with Crippen molar-refractivity contribution in [2.45, 2.75) is 32.2 Å². The third-order valence-electron chi connectivity index (χ3n) is 3.99. The zero-order chi connectivity index (χ0) is 17.5. The molecule has 1 amide bonds. The lowest BCUT2D eigenvalue weighted by Crippen LogP contribution is -2.27. The van der Waals surface area contributed by atoms with Crippen LogP contribution >= 0.6 is 11.8 Å². The number of amides is 1. The van der Waals surface area contributed by atoms with Crippen LogP contribution in [0.1, 0.15) is 27.9 Å². The average molecular weight is 339 g/mol. The Morgan fingerprint density at radius 3 is 2.58 bits per heavy atom. The van der Waals surface area contributed by atoms with E-state index in [9.17, 15) is 10.1 Å². The lowest BCUT2D eigenvalue weighted by molar-refractivity contribution is -0.118. The largest absolute Gasteiger partial charge is 0.355 e. The molecule has 0 aliphatic rings. The molecule has 0 aliphatic carbocycles. The molecule has 0 atom stereocenters. The third kappa shape index (κ3) is 4.59. The molecule has 0 spiro atoms. The zero-order valence-corrected chi connectivity index (χ0v) is 15.0. The Morgan fingerprint density at radius 1 is 1.21 bits per heavy atom. The van der Waals surface area contributed by atoms with E-state index in [1.807, 2.05) is 51.1 Å². The predicted molar refractivity (Wildman–Crippen MR) is 97.0 cm³/mol. The standard InChI is InChI=1S/C19H21N3OS/c1-13-14(2)17(11-20)19(22-15(13)3)24-12-18(23)21-10-9-16-7-5-4-6-8-16/h4-8H,9-10,12H2,1-3H3,(H,21,23). The SMILES string of the molecule is Cc1nc(SCC(=O)NCCc2ccccc2)c(C#N)c(C)c1C. The maximum atomic E-state index is 12.0. The van der Waals surface area contributed by atoms with Crippen molar-refractivity contribution in [1.29, 1.82) is 5.26 Å². The summed E-state index contributed by atoms with van der Waals surface area (Å²) in [5, 5.41) is 12.9. The number of nitrogens with one attached hydrogen (secondary N) is 1. The summed E-state index contributed by atoms with van der Waals surface area (Å²) in [7, 11) is 0. The van der Waals surface area contributed by atoms with Crippen molar-refractivity contribution < 1.29 is 4.79 Å². The lowest BCUT2D eigenvalue weighted by Gasteiger charge is -2.11. The highest BCUT2D eigenvalue weighted by Gasteiger charge is 2.14. The first-order valence-corrected chi connectivity index (χ1v) is 8.82. The van der Waals surface area contributed by atoms with Crippen LogP contribution in [0.4, 0.5) is 0 Å². The highest BCUT2D eigenvalue weighted by Crippen LogP contribution is 2.26. The van der Waals surface area contributed by atoms with E-state index in [-0.39, 0.29) is 11.7 Å². The highest BCUT2D eigenvalue weighted by molar-refractivity contribution is 8.00. The van der Waals surface area contributed by atoms with Crippen LogP contribution < -0.4 is 5.32 Å². The number of aromatic nitrogens is 1. The second kappa shape index (κ2) is 8.51. The molecule has 0 fully saturated rings. The number of thioether (sulfide) groups is 1. The van der Waals surface area contributed by atoms with Crippen molar-refractivity contribution in [2.24, 2.45) is 0 Å². The van der Waals surface area contributed by atoms with Crippen molar-refractivity contribution >= 4 is 17.7 Å². The fraction of sp³-hybridized carbons (Fsp3) is 0.316. The second-order valence-corrected chi connectivity index (χ2v) is 6.58. The molecule has 0 aliphatic heterocycles. The smallest absolute Gasteiger partial charge is 0.230 e. The van der Waals surface area contributed by atoms with Gasteiger partial charge in [-0.15, -0.1) is 0 Å². The maximum Gasteiger partial charge on any atom is 0.230 e. The fourth-order valence-corrected chi connectivity index (χ4v) is 3.24. The molecule has 1 aromatic carbocycles. The van der Waals surface area contributed by atoms with Gasteiger partial charge in [-0.2, -0.15) is 5.26 Å². The Labute approximate surface area is 147 Å². The van der Waals surface area contributed by atoms with Gasteiger partial charge in [0, 0.05) is 12.2 Å². The van der Waals surface area contributed by atoms with Gasteiger partial charge in [-0.1, -0.05) is 42.1 Å². The molecule has 1 heterocycles. The number of nitriles is 1. The van der Waals surface area contributed by atoms with Crippen LogP contribution in [0.2, 0.25) is 0 Å². The summed E-state index contributed by atoms with van der Waals surface area (Å²) in [5.74, 6) is 0.218. The lowest BCUT2D eigenvalue weighted by atomic mass is 10.1. The zero-order valence-electron chi connectivity index (χ0n) is 14.2. The molecule has 0 radical (unpaired) electrons. The van der Waals surface area contributed by atoms with Crippen LogP contribution in [-0.4, -0.2) is 23.2 Å². The summed E-state index contributed by atoms with van der Waals surface area (Å²) >= 11 is 1.32. The van der Waals surface area contributed by atoms with Crippen LogP contribution in [0.15, 0.2) is 35.4 Å². The first kappa shape index (κ1) is 18.0. The topological polar surface area (TPSA) is 65.8 Å². The number of carbonyl (C=O) groups is 1. The first-order valence-electron chi connectivity index (χ1n) is 7.84. The minimum Gasteiger partial charge on any atom is -0.355 e. The summed E-state index contributed by atoms with van der Waals surface area (Å²) in [6.45, 7) is 6.41. The number of carbonyl (C=O) groups excluding carboxylic acids is 1. The van der Waals surface area contributed by atoms with Gasteiger partial charge >= 0.3 is 0 Å². The molecule has 0 saturated carbocycles. The summed E-state index contributed by atoms with van der Waals surface area (Å²) < 4.78 is 0. The predicted octanol–water partition coefficient (Wildman–Crippen LogP) is 3.33. The molecule has 2 rings (SSSR count). The van der Waals surface area contributed by atoms with E-state index in [4.69, 9.17) is 0 Å². The summed E-state index contributed by atoms with van der Waals surface area (Å²) in [5.41, 5.74) is 4.64. The van der Waals surface area contributed by atoms with Crippen molar-refractivity contribution in [2.75, 3.05) is 12.3 Å². The van der Waals surface area contributed by atoms with Crippen molar-refractivity contribution in [3.63, 3.8) is 0 Å². The fourth-order valence-electron chi connectivity index (χ4n) is 2.32. The van der Waals surface area contributed by atoms with Crippen molar-refractivity contribution in [3.8, 4) is 6.07 Å². The molecule has 0 saturated heterocycles. The molecule has 0 unspecified atom stereocenters. The van der Waals surface area contributed by atoms with Gasteiger partial charge in [-0.25, -0.2) is 4.98 Å². The van der Waals surface area contributed by atoms with E-state index in [1.165, 1.54) is 17.3 Å².